The van der Waals surface area contributed by atoms with Crippen LogP contribution in [0, 0.1) is 51.4 Å². The zero-order chi connectivity index (χ0) is 30.5. The van der Waals surface area contributed by atoms with Crippen LogP contribution in [0.15, 0.2) is 23.4 Å². The highest BCUT2D eigenvalue weighted by molar-refractivity contribution is 6.03. The molecule has 7 nitrogen and oxygen atoms in total. The summed E-state index contributed by atoms with van der Waals surface area (Å²) < 4.78 is 5.50. The fourth-order valence-electron chi connectivity index (χ4n) is 10.9. The Morgan fingerprint density at radius 1 is 1.00 bits per heavy atom. The maximum absolute atomic E-state index is 14.7. The minimum Gasteiger partial charge on any atom is -0.378 e. The summed E-state index contributed by atoms with van der Waals surface area (Å²) in [6, 6.07) is -0.0174. The lowest BCUT2D eigenvalue weighted by atomic mass is 9.35. The van der Waals surface area contributed by atoms with Gasteiger partial charge in [0, 0.05) is 35.4 Å². The largest absolute Gasteiger partial charge is 0.378 e. The summed E-state index contributed by atoms with van der Waals surface area (Å²) in [7, 11) is 0. The third-order valence-electron chi connectivity index (χ3n) is 13.5. The van der Waals surface area contributed by atoms with Crippen LogP contribution in [0.4, 0.5) is 4.79 Å². The maximum Gasteiger partial charge on any atom is 0.317 e. The lowest BCUT2D eigenvalue weighted by molar-refractivity contribution is -0.160. The van der Waals surface area contributed by atoms with Crippen molar-refractivity contribution in [2.45, 2.75) is 99.0 Å². The van der Waals surface area contributed by atoms with E-state index < -0.39 is 16.4 Å². The van der Waals surface area contributed by atoms with E-state index in [9.17, 15) is 14.4 Å². The number of rotatable bonds is 1. The van der Waals surface area contributed by atoms with E-state index in [0.29, 0.717) is 26.3 Å². The van der Waals surface area contributed by atoms with Gasteiger partial charge >= 0.3 is 6.03 Å². The Labute approximate surface area is 251 Å². The SMILES string of the molecule is [C-]#[N+]C1=C[C@]2(C)C3=CC(=O)[C@@H]4[C@@H]5CC(C)(C)CC[C@]5(NC(=O)N5CCOCC5)CC[C@@]4(C)[C@]3(C)CC[C@H]2C(C)(C)C1=O. The molecule has 5 aliphatic carbocycles. The standard InChI is InChI=1S/C35H49N3O4/c1-30(2)11-13-35(37-29(41)38-15-17-42-18-16-38)14-12-34(7)27(22(35)20-30)24(39)19-26-32(5)21-23(36-8)28(40)31(3,4)25(32)9-10-33(26,34)6/h19,21-22,25,27H,9-18,20H2,1-7H3,(H,37,41)/t22-,25-,27-,32-,33+,34+,35-/m0/s1. The van der Waals surface area contributed by atoms with E-state index >= 15 is 0 Å². The lowest BCUT2D eigenvalue weighted by Crippen LogP contribution is -2.70. The molecule has 3 saturated carbocycles. The zero-order valence-electron chi connectivity index (χ0n) is 26.7. The molecule has 1 heterocycles. The third-order valence-corrected chi connectivity index (χ3v) is 13.5. The van der Waals surface area contributed by atoms with Gasteiger partial charge in [-0.25, -0.2) is 9.64 Å². The minimum absolute atomic E-state index is 0.0174. The summed E-state index contributed by atoms with van der Waals surface area (Å²) in [4.78, 5) is 47.2. The molecule has 0 radical (unpaired) electrons. The highest BCUT2D eigenvalue weighted by atomic mass is 16.5. The molecule has 0 spiro atoms. The number of ketones is 2. The fourth-order valence-corrected chi connectivity index (χ4v) is 10.9. The van der Waals surface area contributed by atoms with E-state index in [-0.39, 0.29) is 57.3 Å². The van der Waals surface area contributed by atoms with Crippen molar-refractivity contribution in [1.82, 2.24) is 10.2 Å². The monoisotopic (exact) mass is 575 g/mol. The van der Waals surface area contributed by atoms with E-state index in [4.69, 9.17) is 11.3 Å². The molecule has 0 aromatic rings. The van der Waals surface area contributed by atoms with Gasteiger partial charge in [0.05, 0.1) is 19.8 Å². The number of amides is 2. The van der Waals surface area contributed by atoms with E-state index in [1.165, 1.54) is 0 Å². The summed E-state index contributed by atoms with van der Waals surface area (Å²) in [6.07, 6.45) is 10.2. The predicted molar refractivity (Wildman–Crippen MR) is 161 cm³/mol. The molecule has 6 rings (SSSR count). The van der Waals surface area contributed by atoms with Gasteiger partial charge < -0.3 is 19.7 Å². The van der Waals surface area contributed by atoms with Gasteiger partial charge in [-0.2, -0.15) is 0 Å². The number of ether oxygens (including phenoxy) is 1. The first kappa shape index (κ1) is 29.6. The molecule has 228 valence electrons. The second-order valence-corrected chi connectivity index (χ2v) is 16.4. The molecule has 7 heteroatoms. The molecule has 0 aromatic heterocycles. The van der Waals surface area contributed by atoms with Crippen LogP contribution >= 0.6 is 0 Å². The van der Waals surface area contributed by atoms with Crippen molar-refractivity contribution in [2.75, 3.05) is 26.3 Å². The first-order chi connectivity index (χ1) is 19.5. The van der Waals surface area contributed by atoms with Gasteiger partial charge in [0.1, 0.15) is 0 Å². The minimum atomic E-state index is -0.661. The van der Waals surface area contributed by atoms with Gasteiger partial charge in [-0.1, -0.05) is 60.1 Å². The first-order valence-electron chi connectivity index (χ1n) is 16.1. The number of hydrogen-bond acceptors (Lipinski definition) is 4. The third kappa shape index (κ3) is 3.89. The van der Waals surface area contributed by atoms with E-state index in [2.05, 4.69) is 44.8 Å². The number of urea groups is 1. The van der Waals surface area contributed by atoms with Crippen LogP contribution in [0.3, 0.4) is 0 Å². The van der Waals surface area contributed by atoms with Gasteiger partial charge in [-0.15, -0.1) is 0 Å². The number of morpholine rings is 1. The molecule has 2 amide bonds. The molecular weight excluding hydrogens is 526 g/mol. The fraction of sp³-hybridized carbons (Fsp3) is 0.771. The van der Waals surface area contributed by atoms with Crippen LogP contribution in [0.25, 0.3) is 4.85 Å². The number of carbonyl (C=O) groups is 3. The summed E-state index contributed by atoms with van der Waals surface area (Å²) in [5.41, 5.74) is -0.702. The number of nitrogens with one attached hydrogen (secondary N) is 1. The van der Waals surface area contributed by atoms with E-state index in [1.54, 1.807) is 0 Å². The number of nitrogens with zero attached hydrogens (tertiary/aromatic N) is 2. The number of fused-ring (bicyclic) bond motifs is 7. The van der Waals surface area contributed by atoms with Gasteiger partial charge in [0.2, 0.25) is 5.70 Å². The average molecular weight is 576 g/mol. The van der Waals surface area contributed by atoms with E-state index in [0.717, 1.165) is 50.5 Å². The molecule has 1 aliphatic heterocycles. The summed E-state index contributed by atoms with van der Waals surface area (Å²) in [5, 5.41) is 3.56. The van der Waals surface area contributed by atoms with Crippen molar-refractivity contribution < 1.29 is 19.1 Å². The van der Waals surface area contributed by atoms with Crippen LogP contribution in [0.1, 0.15) is 93.4 Å². The van der Waals surface area contributed by atoms with Gasteiger partial charge in [-0.05, 0) is 79.1 Å². The number of hydrogen-bond donors (Lipinski definition) is 1. The molecule has 4 fully saturated rings. The molecule has 0 unspecified atom stereocenters. The molecule has 7 atom stereocenters. The highest BCUT2D eigenvalue weighted by Gasteiger charge is 2.70. The number of allylic oxidation sites excluding steroid dienone is 4. The Morgan fingerprint density at radius 2 is 1.67 bits per heavy atom. The Morgan fingerprint density at radius 3 is 2.33 bits per heavy atom. The van der Waals surface area contributed by atoms with Gasteiger partial charge in [0.25, 0.3) is 0 Å². The van der Waals surface area contributed by atoms with Crippen molar-refractivity contribution in [1.29, 1.82) is 0 Å². The Balaban J connectivity index is 1.45. The lowest BCUT2D eigenvalue weighted by Gasteiger charge is -2.69. The van der Waals surface area contributed by atoms with Crippen molar-refractivity contribution in [2.24, 2.45) is 44.8 Å². The van der Waals surface area contributed by atoms with E-state index in [1.807, 2.05) is 30.9 Å². The normalized spacial score (nSPS) is 43.9. The van der Waals surface area contributed by atoms with Crippen molar-refractivity contribution in [3.05, 3.63) is 34.8 Å². The van der Waals surface area contributed by atoms with Gasteiger partial charge in [0.15, 0.2) is 11.6 Å². The zero-order valence-corrected chi connectivity index (χ0v) is 26.7. The van der Waals surface area contributed by atoms with Crippen molar-refractivity contribution in [3.8, 4) is 0 Å². The molecule has 6 aliphatic rings. The summed E-state index contributed by atoms with van der Waals surface area (Å²) in [5.74, 6) is 0.00742. The summed E-state index contributed by atoms with van der Waals surface area (Å²) in [6.45, 7) is 25.6. The Bertz CT molecular complexity index is 1330. The average Bonchev–Trinajstić information content (AvgIpc) is 2.93. The van der Waals surface area contributed by atoms with Crippen LogP contribution in [-0.2, 0) is 14.3 Å². The second-order valence-electron chi connectivity index (χ2n) is 16.4. The molecule has 0 aromatic carbocycles. The van der Waals surface area contributed by atoms with Crippen LogP contribution in [0.5, 0.6) is 0 Å². The maximum atomic E-state index is 14.7. The van der Waals surface area contributed by atoms with Crippen molar-refractivity contribution >= 4 is 17.6 Å². The molecular formula is C35H49N3O4. The van der Waals surface area contributed by atoms with Crippen LogP contribution in [-0.4, -0.2) is 54.3 Å². The first-order valence-corrected chi connectivity index (χ1v) is 16.1. The molecule has 0 bridgehead atoms. The van der Waals surface area contributed by atoms with Crippen LogP contribution < -0.4 is 5.32 Å². The predicted octanol–water partition coefficient (Wildman–Crippen LogP) is 6.35. The summed E-state index contributed by atoms with van der Waals surface area (Å²) >= 11 is 0. The van der Waals surface area contributed by atoms with Crippen molar-refractivity contribution in [3.63, 3.8) is 0 Å². The van der Waals surface area contributed by atoms with Gasteiger partial charge in [-0.3, -0.25) is 4.79 Å². The topological polar surface area (TPSA) is 80.1 Å². The quantitative estimate of drug-likeness (QED) is 0.370. The smallest absolute Gasteiger partial charge is 0.317 e. The number of carbonyl (C=O) groups excluding carboxylic acids is 3. The Kier molecular flexibility index (Phi) is 6.53. The number of Topliss-reactive ketones (excluding diaryl/α,β-unsaturated/α-hetero) is 1. The highest BCUT2D eigenvalue weighted by Crippen LogP contribution is 2.73. The molecule has 1 N–H and O–H groups in total. The Hall–Kier alpha value is -2.46. The molecule has 1 saturated heterocycles. The van der Waals surface area contributed by atoms with Crippen LogP contribution in [0.2, 0.25) is 0 Å². The second kappa shape index (κ2) is 9.27. The molecule has 42 heavy (non-hydrogen) atoms.